The third kappa shape index (κ3) is 8.78. The first-order valence-corrected chi connectivity index (χ1v) is 12.1. The number of piperazine rings is 1. The number of carbonyl (C=O) groups is 2. The normalized spacial score (nSPS) is 13.3. The number of ether oxygens (including phenoxy) is 1. The van der Waals surface area contributed by atoms with Gasteiger partial charge >= 0.3 is 0 Å². The summed E-state index contributed by atoms with van der Waals surface area (Å²) in [6.45, 7) is 11.7. The van der Waals surface area contributed by atoms with Crippen LogP contribution in [0.15, 0.2) is 60.9 Å². The lowest BCUT2D eigenvalue weighted by Gasteiger charge is -2.28. The van der Waals surface area contributed by atoms with E-state index in [2.05, 4.69) is 36.3 Å². The summed E-state index contributed by atoms with van der Waals surface area (Å²) >= 11 is 0. The van der Waals surface area contributed by atoms with Crippen molar-refractivity contribution in [3.8, 4) is 11.1 Å². The molecule has 36 heavy (non-hydrogen) atoms. The van der Waals surface area contributed by atoms with Crippen molar-refractivity contribution >= 4 is 23.9 Å². The summed E-state index contributed by atoms with van der Waals surface area (Å²) in [5.74, 6) is 0.903. The second-order valence-electron chi connectivity index (χ2n) is 9.58. The Kier molecular flexibility index (Phi) is 9.53. The van der Waals surface area contributed by atoms with Gasteiger partial charge in [-0.1, -0.05) is 24.3 Å². The van der Waals surface area contributed by atoms with Gasteiger partial charge in [-0.25, -0.2) is 4.98 Å². The highest BCUT2D eigenvalue weighted by Gasteiger charge is 2.12. The zero-order valence-corrected chi connectivity index (χ0v) is 21.5. The number of nitrogens with zero attached hydrogens (tertiary/aromatic N) is 3. The summed E-state index contributed by atoms with van der Waals surface area (Å²) in [6.07, 6.45) is 3.87. The van der Waals surface area contributed by atoms with Gasteiger partial charge in [-0.05, 0) is 68.7 Å². The predicted octanol–water partition coefficient (Wildman–Crippen LogP) is 4.00. The van der Waals surface area contributed by atoms with E-state index in [0.717, 1.165) is 60.1 Å². The minimum Gasteiger partial charge on any atom is -0.462 e. The quantitative estimate of drug-likeness (QED) is 0.505. The van der Waals surface area contributed by atoms with E-state index in [1.807, 2.05) is 76.4 Å². The molecule has 1 aliphatic rings. The van der Waals surface area contributed by atoms with Crippen molar-refractivity contribution in [3.63, 3.8) is 0 Å². The van der Waals surface area contributed by atoms with Gasteiger partial charge in [0.1, 0.15) is 11.4 Å². The second kappa shape index (κ2) is 12.8. The molecule has 0 radical (unpaired) electrons. The zero-order chi connectivity index (χ0) is 26.0. The Labute approximate surface area is 213 Å². The molecule has 1 saturated heterocycles. The monoisotopic (exact) mass is 489 g/mol. The minimum absolute atomic E-state index is 0.0470. The lowest BCUT2D eigenvalue weighted by atomic mass is 10.0. The smallest absolute Gasteiger partial charge is 0.293 e. The van der Waals surface area contributed by atoms with Gasteiger partial charge in [-0.3, -0.25) is 14.6 Å². The van der Waals surface area contributed by atoms with Gasteiger partial charge in [0.2, 0.25) is 5.91 Å². The maximum absolute atomic E-state index is 12.4. The van der Waals surface area contributed by atoms with Gasteiger partial charge in [0.05, 0.1) is 18.3 Å². The number of carbonyl (C=O) groups excluding carboxylic acids is 2. The van der Waals surface area contributed by atoms with Gasteiger partial charge in [-0.15, -0.1) is 0 Å². The highest BCUT2D eigenvalue weighted by molar-refractivity contribution is 5.92. The van der Waals surface area contributed by atoms with E-state index in [4.69, 9.17) is 0 Å². The second-order valence-corrected chi connectivity index (χ2v) is 9.58. The van der Waals surface area contributed by atoms with Crippen LogP contribution < -0.4 is 15.5 Å². The fraction of sp³-hybridized carbons (Fsp3) is 0.357. The third-order valence-electron chi connectivity index (χ3n) is 5.42. The summed E-state index contributed by atoms with van der Waals surface area (Å²) in [4.78, 5) is 33.0. The van der Waals surface area contributed by atoms with Gasteiger partial charge in [0.25, 0.3) is 6.47 Å². The Morgan fingerprint density at radius 3 is 2.33 bits per heavy atom. The first kappa shape index (κ1) is 26.8. The molecule has 0 aliphatic carbocycles. The number of hydrogen-bond donors (Lipinski definition) is 2. The van der Waals surface area contributed by atoms with Crippen LogP contribution in [0, 0.1) is 6.92 Å². The van der Waals surface area contributed by atoms with Crippen LogP contribution in [0.2, 0.25) is 0 Å². The average molecular weight is 490 g/mol. The van der Waals surface area contributed by atoms with Crippen LogP contribution in [0.3, 0.4) is 0 Å². The fourth-order valence-electron chi connectivity index (χ4n) is 3.62. The Hall–Kier alpha value is -3.78. The lowest BCUT2D eigenvalue weighted by molar-refractivity contribution is -0.138. The topological polar surface area (TPSA) is 96.5 Å². The molecule has 2 aromatic heterocycles. The summed E-state index contributed by atoms with van der Waals surface area (Å²) in [7, 11) is 0. The SMILES string of the molecule is CC(C)(C)OC=O.Cc1cc(-c2ccc(CC(=O)Nc3ccc(N4CCNCC4)nc3)cc2)ccn1. The van der Waals surface area contributed by atoms with Gasteiger partial charge < -0.3 is 20.3 Å². The number of hydrogen-bond acceptors (Lipinski definition) is 7. The number of nitrogens with one attached hydrogen (secondary N) is 2. The molecule has 1 amide bonds. The standard InChI is InChI=1S/C23H25N5O.C5H10O2/c1-17-14-20(8-9-25-17)19-4-2-18(3-5-19)15-23(29)27-21-6-7-22(26-16-21)28-12-10-24-11-13-28;1-5(2,3)7-4-6/h2-9,14,16,24H,10-13,15H2,1H3,(H,27,29);4H,1-3H3. The molecule has 0 spiro atoms. The number of amides is 1. The fourth-order valence-corrected chi connectivity index (χ4v) is 3.62. The van der Waals surface area contributed by atoms with Crippen molar-refractivity contribution < 1.29 is 14.3 Å². The molecule has 1 aromatic carbocycles. The summed E-state index contributed by atoms with van der Waals surface area (Å²) in [5, 5.41) is 6.26. The van der Waals surface area contributed by atoms with Crippen LogP contribution in [0.5, 0.6) is 0 Å². The first-order chi connectivity index (χ1) is 17.2. The van der Waals surface area contributed by atoms with E-state index in [1.165, 1.54) is 0 Å². The molecule has 0 bridgehead atoms. The van der Waals surface area contributed by atoms with Crippen molar-refractivity contribution in [2.75, 3.05) is 36.4 Å². The van der Waals surface area contributed by atoms with Crippen molar-refractivity contribution in [3.05, 3.63) is 72.2 Å². The Morgan fingerprint density at radius 1 is 1.06 bits per heavy atom. The van der Waals surface area contributed by atoms with Gasteiger partial charge in [0.15, 0.2) is 0 Å². The van der Waals surface area contributed by atoms with E-state index in [9.17, 15) is 9.59 Å². The number of aryl methyl sites for hydroxylation is 1. The molecule has 0 atom stereocenters. The van der Waals surface area contributed by atoms with Crippen LogP contribution in [0.1, 0.15) is 32.0 Å². The Morgan fingerprint density at radius 2 is 1.78 bits per heavy atom. The molecule has 8 heteroatoms. The minimum atomic E-state index is -0.318. The van der Waals surface area contributed by atoms with Crippen LogP contribution in [-0.2, 0) is 20.7 Å². The lowest BCUT2D eigenvalue weighted by Crippen LogP contribution is -2.43. The van der Waals surface area contributed by atoms with Gasteiger partial charge in [-0.2, -0.15) is 0 Å². The van der Waals surface area contributed by atoms with Gasteiger partial charge in [0, 0.05) is 38.1 Å². The molecule has 3 heterocycles. The van der Waals surface area contributed by atoms with Crippen LogP contribution >= 0.6 is 0 Å². The van der Waals surface area contributed by atoms with Crippen molar-refractivity contribution in [2.24, 2.45) is 0 Å². The van der Waals surface area contributed by atoms with E-state index < -0.39 is 0 Å². The molecule has 190 valence electrons. The number of pyridine rings is 2. The number of benzene rings is 1. The third-order valence-corrected chi connectivity index (χ3v) is 5.42. The highest BCUT2D eigenvalue weighted by Crippen LogP contribution is 2.20. The number of aromatic nitrogens is 2. The van der Waals surface area contributed by atoms with Crippen molar-refractivity contribution in [1.29, 1.82) is 0 Å². The molecule has 8 nitrogen and oxygen atoms in total. The molecular weight excluding hydrogens is 454 g/mol. The van der Waals surface area contributed by atoms with E-state index >= 15 is 0 Å². The summed E-state index contributed by atoms with van der Waals surface area (Å²) in [5.41, 5.74) is 4.61. The average Bonchev–Trinajstić information content (AvgIpc) is 2.85. The van der Waals surface area contributed by atoms with E-state index in [-0.39, 0.29) is 11.5 Å². The largest absolute Gasteiger partial charge is 0.462 e. The molecule has 4 rings (SSSR count). The van der Waals surface area contributed by atoms with Crippen molar-refractivity contribution in [1.82, 2.24) is 15.3 Å². The Balaban J connectivity index is 0.000000454. The van der Waals surface area contributed by atoms with Crippen molar-refractivity contribution in [2.45, 2.75) is 39.7 Å². The van der Waals surface area contributed by atoms with Crippen LogP contribution in [0.4, 0.5) is 11.5 Å². The molecule has 0 unspecified atom stereocenters. The van der Waals surface area contributed by atoms with E-state index in [1.54, 1.807) is 6.20 Å². The first-order valence-electron chi connectivity index (χ1n) is 12.1. The maximum Gasteiger partial charge on any atom is 0.293 e. The zero-order valence-electron chi connectivity index (χ0n) is 21.5. The number of anilines is 2. The van der Waals surface area contributed by atoms with Crippen LogP contribution in [0.25, 0.3) is 11.1 Å². The molecule has 0 saturated carbocycles. The summed E-state index contributed by atoms with van der Waals surface area (Å²) < 4.78 is 4.55. The highest BCUT2D eigenvalue weighted by atomic mass is 16.5. The molecule has 1 fully saturated rings. The molecular formula is C28H35N5O3. The number of rotatable bonds is 6. The van der Waals surface area contributed by atoms with Crippen LogP contribution in [-0.4, -0.2) is 54.1 Å². The summed E-state index contributed by atoms with van der Waals surface area (Å²) in [6, 6.07) is 16.0. The maximum atomic E-state index is 12.4. The molecule has 1 aliphatic heterocycles. The Bertz CT molecular complexity index is 1120. The molecule has 3 aromatic rings. The predicted molar refractivity (Wildman–Crippen MR) is 143 cm³/mol. The molecule has 2 N–H and O–H groups in total. The van der Waals surface area contributed by atoms with E-state index in [0.29, 0.717) is 12.9 Å².